The number of carboxylic acid groups (broad SMARTS) is 1. The van der Waals surface area contributed by atoms with Crippen LogP contribution in [0.15, 0.2) is 12.1 Å². The van der Waals surface area contributed by atoms with Crippen molar-refractivity contribution in [3.63, 3.8) is 0 Å². The molecule has 0 saturated carbocycles. The highest BCUT2D eigenvalue weighted by atomic mass is 35.5. The molecular formula is C8H7BClO6-. The summed E-state index contributed by atoms with van der Waals surface area (Å²) < 4.78 is 9.74. The number of hydrogen-bond acceptors (Lipinski definition) is 5. The van der Waals surface area contributed by atoms with E-state index in [0.717, 1.165) is 0 Å². The molecule has 0 fully saturated rings. The largest absolute Gasteiger partial charge is 0.665 e. The van der Waals surface area contributed by atoms with Crippen molar-refractivity contribution in [1.82, 2.24) is 0 Å². The first-order valence-electron chi connectivity index (χ1n) is 4.38. The minimum absolute atomic E-state index is 0.0663. The monoisotopic (exact) mass is 245 g/mol. The summed E-state index contributed by atoms with van der Waals surface area (Å²) in [5, 5.41) is 27.4. The van der Waals surface area contributed by atoms with Gasteiger partial charge >= 0.3 is 12.7 Å². The minimum Gasteiger partial charge on any atom is -0.665 e. The number of rotatable bonds is 1. The topological polar surface area (TPSA) is 96.2 Å². The molecule has 0 aromatic heterocycles. The van der Waals surface area contributed by atoms with Crippen molar-refractivity contribution in [2.45, 2.75) is 0 Å². The molecule has 3 N–H and O–H groups in total. The quantitative estimate of drug-likeness (QED) is 0.615. The molecule has 1 aliphatic heterocycles. The highest BCUT2D eigenvalue weighted by Gasteiger charge is 2.33. The van der Waals surface area contributed by atoms with Crippen LogP contribution < -0.4 is 9.39 Å². The normalized spacial score (nSPS) is 16.9. The molecule has 16 heavy (non-hydrogen) atoms. The Morgan fingerprint density at radius 1 is 1.44 bits per heavy atom. The maximum absolute atomic E-state index is 10.9. The molecule has 0 bridgehead atoms. The molecule has 8 heteroatoms. The van der Waals surface area contributed by atoms with E-state index >= 15 is 0 Å². The van der Waals surface area contributed by atoms with Crippen LogP contribution in [0.3, 0.4) is 0 Å². The Bertz CT molecular complexity index is 460. The number of hydrogen-bond donors (Lipinski definition) is 3. The van der Waals surface area contributed by atoms with Crippen molar-refractivity contribution in [3.8, 4) is 11.5 Å². The highest BCUT2D eigenvalue weighted by molar-refractivity contribution is 6.59. The van der Waals surface area contributed by atoms with Gasteiger partial charge in [-0.3, -0.25) is 0 Å². The molecule has 1 heterocycles. The lowest BCUT2D eigenvalue weighted by molar-refractivity contribution is 0.0691. The van der Waals surface area contributed by atoms with Crippen LogP contribution in [0.5, 0.6) is 11.5 Å². The highest BCUT2D eigenvalue weighted by Crippen LogP contribution is 2.39. The molecule has 1 aromatic rings. The van der Waals surface area contributed by atoms with Crippen LogP contribution in [0, 0.1) is 0 Å². The Balaban J connectivity index is 2.58. The van der Waals surface area contributed by atoms with Crippen LogP contribution in [0.1, 0.15) is 10.4 Å². The predicted molar refractivity (Wildman–Crippen MR) is 54.7 cm³/mol. The molecular weight excluding hydrogens is 238 g/mol. The third-order valence-electron chi connectivity index (χ3n) is 2.05. The Labute approximate surface area is 95.0 Å². The molecule has 86 valence electrons. The number of ether oxygens (including phenoxy) is 1. The number of halogens is 1. The molecule has 0 saturated heterocycles. The Morgan fingerprint density at radius 2 is 2.12 bits per heavy atom. The van der Waals surface area contributed by atoms with Gasteiger partial charge < -0.3 is 24.5 Å². The van der Waals surface area contributed by atoms with Crippen molar-refractivity contribution in [1.29, 1.82) is 0 Å². The zero-order chi connectivity index (χ0) is 11.9. The Kier molecular flexibility index (Phi) is 2.45. The van der Waals surface area contributed by atoms with Crippen LogP contribution >= 0.6 is 11.6 Å². The summed E-state index contributed by atoms with van der Waals surface area (Å²) in [6, 6.07) is 2.73. The first-order valence-corrected chi connectivity index (χ1v) is 4.76. The van der Waals surface area contributed by atoms with Crippen molar-refractivity contribution in [3.05, 3.63) is 22.7 Å². The van der Waals surface area contributed by atoms with E-state index in [4.69, 9.17) is 26.1 Å². The average Bonchev–Trinajstić information content (AvgIpc) is 2.15. The molecule has 1 aliphatic rings. The molecule has 6 nitrogen and oxygen atoms in total. The maximum atomic E-state index is 10.9. The van der Waals surface area contributed by atoms with E-state index < -0.39 is 19.2 Å². The van der Waals surface area contributed by atoms with Crippen LogP contribution in [0.25, 0.3) is 0 Å². The van der Waals surface area contributed by atoms with Gasteiger partial charge in [-0.1, -0.05) is 11.6 Å². The number of carbonyl (C=O) groups is 1. The van der Waals surface area contributed by atoms with E-state index in [1.54, 1.807) is 0 Å². The molecule has 2 rings (SSSR count). The number of benzene rings is 1. The second-order valence-electron chi connectivity index (χ2n) is 3.34. The van der Waals surface area contributed by atoms with E-state index in [1.165, 1.54) is 12.1 Å². The second-order valence-corrected chi connectivity index (χ2v) is 3.75. The summed E-state index contributed by atoms with van der Waals surface area (Å²) in [6.07, 6.45) is 0. The number of fused-ring (bicyclic) bond motifs is 1. The van der Waals surface area contributed by atoms with Crippen molar-refractivity contribution < 1.29 is 29.3 Å². The molecule has 0 aliphatic carbocycles. The fourth-order valence-electron chi connectivity index (χ4n) is 1.39. The van der Waals surface area contributed by atoms with Crippen molar-refractivity contribution in [2.24, 2.45) is 0 Å². The summed E-state index contributed by atoms with van der Waals surface area (Å²) >= 11 is 5.68. The minimum atomic E-state index is -3.20. The third-order valence-corrected chi connectivity index (χ3v) is 2.36. The molecule has 0 atom stereocenters. The predicted octanol–water partition coefficient (Wildman–Crippen LogP) is 0.272. The lowest BCUT2D eigenvalue weighted by atomic mass is 9.80. The smallest absolute Gasteiger partial charge is 0.467 e. The molecule has 0 spiro atoms. The van der Waals surface area contributed by atoms with E-state index in [9.17, 15) is 14.8 Å². The van der Waals surface area contributed by atoms with E-state index in [-0.39, 0.29) is 22.1 Å². The zero-order valence-corrected chi connectivity index (χ0v) is 8.64. The third kappa shape index (κ3) is 1.80. The Hall–Kier alpha value is -1.44. The summed E-state index contributed by atoms with van der Waals surface area (Å²) in [4.78, 5) is 10.9. The molecule has 0 unspecified atom stereocenters. The first kappa shape index (κ1) is 11.1. The maximum Gasteiger partial charge on any atom is 0.467 e. The summed E-state index contributed by atoms with van der Waals surface area (Å²) in [5.74, 6) is -1.49. The fraction of sp³-hybridized carbons (Fsp3) is 0.125. The van der Waals surface area contributed by atoms with Gasteiger partial charge in [0.05, 0.1) is 11.5 Å². The zero-order valence-electron chi connectivity index (χ0n) is 7.88. The van der Waals surface area contributed by atoms with E-state index in [2.05, 4.69) is 0 Å². The van der Waals surface area contributed by atoms with Gasteiger partial charge in [-0.2, -0.15) is 0 Å². The van der Waals surface area contributed by atoms with Gasteiger partial charge in [-0.15, -0.1) is 0 Å². The van der Waals surface area contributed by atoms with Crippen LogP contribution in [-0.4, -0.2) is 34.4 Å². The summed E-state index contributed by atoms with van der Waals surface area (Å²) in [7, 11) is 0. The number of carboxylic acids is 1. The van der Waals surface area contributed by atoms with E-state index in [1.807, 2.05) is 0 Å². The fourth-order valence-corrected chi connectivity index (χ4v) is 1.62. The van der Waals surface area contributed by atoms with Crippen LogP contribution in [-0.2, 0) is 0 Å². The SMILES string of the molecule is O=C(O)c1c(Cl)ccc2c1O[B-](O)(O)CO2. The molecule has 1 aromatic carbocycles. The lowest BCUT2D eigenvalue weighted by Gasteiger charge is -2.36. The summed E-state index contributed by atoms with van der Waals surface area (Å²) in [6.45, 7) is -3.65. The lowest BCUT2D eigenvalue weighted by Crippen LogP contribution is -2.51. The summed E-state index contributed by atoms with van der Waals surface area (Å²) in [5.41, 5.74) is -0.354. The second kappa shape index (κ2) is 3.55. The van der Waals surface area contributed by atoms with Crippen molar-refractivity contribution >= 4 is 24.3 Å². The molecule has 0 radical (unpaired) electrons. The average molecular weight is 245 g/mol. The van der Waals surface area contributed by atoms with Crippen LogP contribution in [0.2, 0.25) is 5.02 Å². The van der Waals surface area contributed by atoms with Gasteiger partial charge in [0, 0.05) is 0 Å². The van der Waals surface area contributed by atoms with Gasteiger partial charge in [0.2, 0.25) is 0 Å². The van der Waals surface area contributed by atoms with Gasteiger partial charge in [0.1, 0.15) is 11.3 Å². The van der Waals surface area contributed by atoms with Crippen LogP contribution in [0.4, 0.5) is 0 Å². The van der Waals surface area contributed by atoms with Crippen molar-refractivity contribution in [2.75, 3.05) is 6.51 Å². The standard InChI is InChI=1S/C8H7BClO6/c10-4-1-2-5-7(6(4)8(11)12)16-9(13,14)3-15-5/h1-2,13-14H,3H2,(H,11,12)/q-1. The first-order chi connectivity index (χ1) is 7.41. The van der Waals surface area contributed by atoms with Gasteiger partial charge in [-0.05, 0) is 12.1 Å². The van der Waals surface area contributed by atoms with Gasteiger partial charge in [0.15, 0.2) is 5.75 Å². The Morgan fingerprint density at radius 3 is 2.75 bits per heavy atom. The number of aromatic carboxylic acids is 1. The van der Waals surface area contributed by atoms with Gasteiger partial charge in [-0.25, -0.2) is 4.79 Å². The van der Waals surface area contributed by atoms with E-state index in [0.29, 0.717) is 0 Å². The molecule has 0 amide bonds. The van der Waals surface area contributed by atoms with Gasteiger partial charge in [0.25, 0.3) is 0 Å².